The molecule has 0 bridgehead atoms. The van der Waals surface area contributed by atoms with Crippen LogP contribution >= 0.6 is 11.8 Å². The molecule has 0 fully saturated rings. The highest BCUT2D eigenvalue weighted by molar-refractivity contribution is 7.98. The maximum absolute atomic E-state index is 4.51. The molecule has 1 N–H and O–H groups in total. The third kappa shape index (κ3) is 4.26. The van der Waals surface area contributed by atoms with Gasteiger partial charge in [0.2, 0.25) is 0 Å². The molecule has 0 amide bonds. The number of nitrogens with one attached hydrogen (secondary N) is 1. The molecule has 1 heterocycles. The number of anilines is 1. The van der Waals surface area contributed by atoms with E-state index in [1.54, 1.807) is 11.8 Å². The number of para-hydroxylation sites is 1. The van der Waals surface area contributed by atoms with Gasteiger partial charge in [0.15, 0.2) is 0 Å². The quantitative estimate of drug-likeness (QED) is 0.349. The van der Waals surface area contributed by atoms with Crippen LogP contribution < -0.4 is 5.32 Å². The molecule has 0 aliphatic carbocycles. The standard InChI is InChI=1S/C25H28N2S/c1-6-7-11-18(2)25(26-20-12-10-13-21(16-20)28-5)19(3)23-17-27(4)24-15-9-8-14-22(23)24/h6-17,25-26H,3H2,1-2,4-5H3/b7-6-,18-11+. The molecule has 3 rings (SSSR count). The van der Waals surface area contributed by atoms with Crippen molar-refractivity contribution in [3.63, 3.8) is 0 Å². The first-order chi connectivity index (χ1) is 13.5. The van der Waals surface area contributed by atoms with E-state index < -0.39 is 0 Å². The summed E-state index contributed by atoms with van der Waals surface area (Å²) in [7, 11) is 2.09. The normalized spacial score (nSPS) is 13.2. The lowest BCUT2D eigenvalue weighted by Crippen LogP contribution is -2.22. The lowest BCUT2D eigenvalue weighted by Gasteiger charge is -2.23. The van der Waals surface area contributed by atoms with Gasteiger partial charge in [0.05, 0.1) is 6.04 Å². The zero-order valence-electron chi connectivity index (χ0n) is 17.1. The highest BCUT2D eigenvalue weighted by Crippen LogP contribution is 2.32. The Morgan fingerprint density at radius 1 is 1.18 bits per heavy atom. The molecular weight excluding hydrogens is 360 g/mol. The Morgan fingerprint density at radius 2 is 1.96 bits per heavy atom. The summed E-state index contributed by atoms with van der Waals surface area (Å²) in [5, 5.41) is 4.95. The van der Waals surface area contributed by atoms with Crippen LogP contribution in [0.2, 0.25) is 0 Å². The molecule has 1 aromatic heterocycles. The zero-order chi connectivity index (χ0) is 20.1. The number of thioether (sulfide) groups is 1. The maximum atomic E-state index is 4.51. The van der Waals surface area contributed by atoms with Crippen LogP contribution in [0.15, 0.2) is 90.0 Å². The van der Waals surface area contributed by atoms with Crippen LogP contribution in [0.5, 0.6) is 0 Å². The van der Waals surface area contributed by atoms with Crippen molar-refractivity contribution in [2.45, 2.75) is 24.8 Å². The number of fused-ring (bicyclic) bond motifs is 1. The van der Waals surface area contributed by atoms with E-state index in [-0.39, 0.29) is 6.04 Å². The van der Waals surface area contributed by atoms with Gasteiger partial charge in [0, 0.05) is 40.3 Å². The number of allylic oxidation sites excluding steroid dienone is 3. The second kappa shape index (κ2) is 9.03. The van der Waals surface area contributed by atoms with Crippen LogP contribution in [0.4, 0.5) is 5.69 Å². The first kappa shape index (κ1) is 20.1. The molecule has 2 aromatic carbocycles. The van der Waals surface area contributed by atoms with Gasteiger partial charge in [-0.1, -0.05) is 49.1 Å². The minimum atomic E-state index is 0.0131. The Balaban J connectivity index is 2.03. The molecule has 2 nitrogen and oxygen atoms in total. The lowest BCUT2D eigenvalue weighted by atomic mass is 9.93. The van der Waals surface area contributed by atoms with Crippen molar-refractivity contribution in [2.75, 3.05) is 11.6 Å². The Labute approximate surface area is 172 Å². The fourth-order valence-corrected chi connectivity index (χ4v) is 3.91. The summed E-state index contributed by atoms with van der Waals surface area (Å²) in [5.41, 5.74) is 5.81. The highest BCUT2D eigenvalue weighted by atomic mass is 32.2. The van der Waals surface area contributed by atoms with Gasteiger partial charge < -0.3 is 9.88 Å². The van der Waals surface area contributed by atoms with E-state index in [1.807, 2.05) is 6.92 Å². The molecule has 1 atom stereocenters. The van der Waals surface area contributed by atoms with Gasteiger partial charge in [-0.25, -0.2) is 0 Å². The van der Waals surface area contributed by atoms with Gasteiger partial charge in [-0.15, -0.1) is 11.8 Å². The molecule has 0 spiro atoms. The number of aryl methyl sites for hydroxylation is 1. The zero-order valence-corrected chi connectivity index (χ0v) is 17.9. The van der Waals surface area contributed by atoms with E-state index in [4.69, 9.17) is 0 Å². The van der Waals surface area contributed by atoms with Gasteiger partial charge in [0.1, 0.15) is 0 Å². The molecule has 144 valence electrons. The number of rotatable bonds is 7. The first-order valence-corrected chi connectivity index (χ1v) is 10.7. The van der Waals surface area contributed by atoms with E-state index in [0.29, 0.717) is 0 Å². The van der Waals surface area contributed by atoms with Gasteiger partial charge in [-0.2, -0.15) is 0 Å². The molecule has 1 unspecified atom stereocenters. The summed E-state index contributed by atoms with van der Waals surface area (Å²) in [4.78, 5) is 1.25. The predicted molar refractivity (Wildman–Crippen MR) is 126 cm³/mol. The summed E-state index contributed by atoms with van der Waals surface area (Å²) in [5.74, 6) is 0. The third-order valence-electron chi connectivity index (χ3n) is 4.98. The molecular formula is C25H28N2S. The van der Waals surface area contributed by atoms with E-state index in [9.17, 15) is 0 Å². The molecule has 0 radical (unpaired) electrons. The second-order valence-corrected chi connectivity index (χ2v) is 7.82. The van der Waals surface area contributed by atoms with Crippen LogP contribution in [0.1, 0.15) is 19.4 Å². The van der Waals surface area contributed by atoms with Gasteiger partial charge in [0.25, 0.3) is 0 Å². The van der Waals surface area contributed by atoms with Crippen molar-refractivity contribution < 1.29 is 0 Å². The van der Waals surface area contributed by atoms with Gasteiger partial charge in [-0.05, 0) is 55.5 Å². The Bertz CT molecular complexity index is 1040. The number of aromatic nitrogens is 1. The van der Waals surface area contributed by atoms with Crippen molar-refractivity contribution in [1.29, 1.82) is 0 Å². The Morgan fingerprint density at radius 3 is 2.71 bits per heavy atom. The largest absolute Gasteiger partial charge is 0.374 e. The molecule has 0 saturated heterocycles. The third-order valence-corrected chi connectivity index (χ3v) is 5.70. The Hall–Kier alpha value is -2.65. The Kier molecular flexibility index (Phi) is 6.48. The first-order valence-electron chi connectivity index (χ1n) is 9.48. The van der Waals surface area contributed by atoms with Gasteiger partial charge in [-0.3, -0.25) is 0 Å². The molecule has 0 saturated carbocycles. The van der Waals surface area contributed by atoms with Crippen LogP contribution in [0.3, 0.4) is 0 Å². The molecule has 3 aromatic rings. The second-order valence-electron chi connectivity index (χ2n) is 6.94. The monoisotopic (exact) mass is 388 g/mol. The maximum Gasteiger partial charge on any atom is 0.0728 e. The predicted octanol–water partition coefficient (Wildman–Crippen LogP) is 6.92. The van der Waals surface area contributed by atoms with Crippen molar-refractivity contribution in [3.8, 4) is 0 Å². The summed E-state index contributed by atoms with van der Waals surface area (Å²) in [6.45, 7) is 8.71. The molecule has 0 aliphatic heterocycles. The van der Waals surface area contributed by atoms with Crippen LogP contribution in [-0.4, -0.2) is 16.9 Å². The summed E-state index contributed by atoms with van der Waals surface area (Å²) in [6, 6.07) is 17.0. The average molecular weight is 389 g/mol. The van der Waals surface area contributed by atoms with Crippen LogP contribution in [0.25, 0.3) is 16.5 Å². The van der Waals surface area contributed by atoms with Crippen molar-refractivity contribution in [2.24, 2.45) is 7.05 Å². The minimum absolute atomic E-state index is 0.0131. The number of nitrogens with zero attached hydrogens (tertiary/aromatic N) is 1. The SMILES string of the molecule is C=C(c1cn(C)c2ccccc12)C(Nc1cccc(SC)c1)/C(C)=C/C=C\C. The van der Waals surface area contributed by atoms with Crippen molar-refractivity contribution in [1.82, 2.24) is 4.57 Å². The summed E-state index contributed by atoms with van der Waals surface area (Å²) in [6.07, 6.45) is 10.6. The molecule has 3 heteroatoms. The number of benzene rings is 2. The molecule has 28 heavy (non-hydrogen) atoms. The number of hydrogen-bond donors (Lipinski definition) is 1. The van der Waals surface area contributed by atoms with E-state index in [1.165, 1.54) is 26.9 Å². The van der Waals surface area contributed by atoms with Gasteiger partial charge >= 0.3 is 0 Å². The van der Waals surface area contributed by atoms with E-state index in [0.717, 1.165) is 11.3 Å². The van der Waals surface area contributed by atoms with Crippen LogP contribution in [0, 0.1) is 0 Å². The smallest absolute Gasteiger partial charge is 0.0728 e. The summed E-state index contributed by atoms with van der Waals surface area (Å²) < 4.78 is 2.17. The fourth-order valence-electron chi connectivity index (χ4n) is 3.45. The highest BCUT2D eigenvalue weighted by Gasteiger charge is 2.19. The molecule has 0 aliphatic rings. The minimum Gasteiger partial charge on any atom is -0.374 e. The number of hydrogen-bond acceptors (Lipinski definition) is 2. The topological polar surface area (TPSA) is 17.0 Å². The van der Waals surface area contributed by atoms with Crippen molar-refractivity contribution >= 4 is 33.9 Å². The van der Waals surface area contributed by atoms with Crippen molar-refractivity contribution in [3.05, 3.63) is 90.7 Å². The fraction of sp³-hybridized carbons (Fsp3) is 0.200. The average Bonchev–Trinajstić information content (AvgIpc) is 3.07. The summed E-state index contributed by atoms with van der Waals surface area (Å²) >= 11 is 1.75. The van der Waals surface area contributed by atoms with Crippen LogP contribution in [-0.2, 0) is 7.05 Å². The van der Waals surface area contributed by atoms with E-state index >= 15 is 0 Å². The van der Waals surface area contributed by atoms with E-state index in [2.05, 4.69) is 110 Å². The lowest BCUT2D eigenvalue weighted by molar-refractivity contribution is 0.963.